The van der Waals surface area contributed by atoms with Gasteiger partial charge in [0.25, 0.3) is 0 Å². The summed E-state index contributed by atoms with van der Waals surface area (Å²) in [6, 6.07) is 14.3. The van der Waals surface area contributed by atoms with E-state index in [0.717, 1.165) is 6.54 Å². The third kappa shape index (κ3) is 4.06. The van der Waals surface area contributed by atoms with Crippen LogP contribution in [-0.2, 0) is 11.3 Å². The topological polar surface area (TPSA) is 23.6 Å². The van der Waals surface area contributed by atoms with Crippen molar-refractivity contribution in [3.63, 3.8) is 0 Å². The summed E-state index contributed by atoms with van der Waals surface area (Å²) in [5.74, 6) is -0.827. The lowest BCUT2D eigenvalue weighted by molar-refractivity contribution is -0.162. The third-order valence-corrected chi connectivity index (χ3v) is 4.35. The van der Waals surface area contributed by atoms with Crippen LogP contribution >= 0.6 is 0 Å². The molecule has 3 rings (SSSR count). The summed E-state index contributed by atoms with van der Waals surface area (Å²) in [7, 11) is 0. The Bertz CT molecular complexity index is 716. The predicted octanol–water partition coefficient (Wildman–Crippen LogP) is 3.44. The van der Waals surface area contributed by atoms with Crippen molar-refractivity contribution in [2.24, 2.45) is 0 Å². The van der Waals surface area contributed by atoms with Crippen LogP contribution in [0.15, 0.2) is 42.5 Å². The number of carbonyl (C=O) groups is 1. The summed E-state index contributed by atoms with van der Waals surface area (Å²) < 4.78 is 36.9. The highest BCUT2D eigenvalue weighted by Gasteiger charge is 2.34. The maximum Gasteiger partial charge on any atom is 0.397 e. The van der Waals surface area contributed by atoms with Crippen LogP contribution < -0.4 is 0 Å². The first kappa shape index (κ1) is 16.8. The maximum atomic E-state index is 12.3. The molecule has 0 radical (unpaired) electrons. The molecule has 1 heterocycles. The lowest BCUT2D eigenvalue weighted by Crippen LogP contribution is -2.49. The minimum atomic E-state index is -4.43. The number of benzene rings is 2. The number of piperazine rings is 1. The van der Waals surface area contributed by atoms with E-state index in [1.54, 1.807) is 0 Å². The summed E-state index contributed by atoms with van der Waals surface area (Å²) in [6.07, 6.45) is -5.80. The molecule has 0 bridgehead atoms. The molecule has 1 aliphatic heterocycles. The Morgan fingerprint density at radius 1 is 0.958 bits per heavy atom. The minimum absolute atomic E-state index is 0.347. The Balaban J connectivity index is 1.60. The first-order valence-corrected chi connectivity index (χ1v) is 7.96. The molecule has 24 heavy (non-hydrogen) atoms. The number of rotatable bonds is 3. The van der Waals surface area contributed by atoms with Gasteiger partial charge in [-0.3, -0.25) is 9.69 Å². The van der Waals surface area contributed by atoms with Gasteiger partial charge in [-0.15, -0.1) is 0 Å². The van der Waals surface area contributed by atoms with Gasteiger partial charge in [0, 0.05) is 32.7 Å². The fourth-order valence-corrected chi connectivity index (χ4v) is 3.11. The number of alkyl halides is 3. The highest BCUT2D eigenvalue weighted by atomic mass is 19.4. The van der Waals surface area contributed by atoms with Crippen molar-refractivity contribution in [1.82, 2.24) is 9.80 Å². The highest BCUT2D eigenvalue weighted by Crippen LogP contribution is 2.23. The zero-order chi connectivity index (χ0) is 17.2. The van der Waals surface area contributed by atoms with E-state index in [1.807, 2.05) is 18.2 Å². The van der Waals surface area contributed by atoms with Gasteiger partial charge >= 0.3 is 6.18 Å². The molecule has 0 spiro atoms. The van der Waals surface area contributed by atoms with Crippen molar-refractivity contribution < 1.29 is 18.0 Å². The molecule has 0 N–H and O–H groups in total. The number of halogens is 3. The Hall–Kier alpha value is -2.08. The lowest BCUT2D eigenvalue weighted by Gasteiger charge is -2.35. The molecule has 128 valence electrons. The number of hydrogen-bond acceptors (Lipinski definition) is 2. The smallest absolute Gasteiger partial charge is 0.340 e. The van der Waals surface area contributed by atoms with E-state index >= 15 is 0 Å². The largest absolute Gasteiger partial charge is 0.397 e. The highest BCUT2D eigenvalue weighted by molar-refractivity contribution is 5.85. The molecule has 0 atom stereocenters. The molecule has 3 nitrogen and oxygen atoms in total. The fraction of sp³-hybridized carbons (Fsp3) is 0.389. The second kappa shape index (κ2) is 6.81. The van der Waals surface area contributed by atoms with Crippen LogP contribution in [0.4, 0.5) is 13.2 Å². The van der Waals surface area contributed by atoms with E-state index in [2.05, 4.69) is 29.2 Å². The van der Waals surface area contributed by atoms with Gasteiger partial charge in [0.15, 0.2) is 0 Å². The summed E-state index contributed by atoms with van der Waals surface area (Å²) in [4.78, 5) is 15.1. The quantitative estimate of drug-likeness (QED) is 0.857. The first-order valence-electron chi connectivity index (χ1n) is 7.96. The van der Waals surface area contributed by atoms with Crippen molar-refractivity contribution in [3.8, 4) is 0 Å². The molecule has 1 amide bonds. The number of carbonyl (C=O) groups excluding carboxylic acids is 1. The van der Waals surface area contributed by atoms with Crippen molar-refractivity contribution in [2.45, 2.75) is 19.1 Å². The zero-order valence-electron chi connectivity index (χ0n) is 13.2. The van der Waals surface area contributed by atoms with Gasteiger partial charge < -0.3 is 4.90 Å². The maximum absolute atomic E-state index is 12.3. The van der Waals surface area contributed by atoms with Gasteiger partial charge in [-0.05, 0) is 16.3 Å². The zero-order valence-corrected chi connectivity index (χ0v) is 13.2. The minimum Gasteiger partial charge on any atom is -0.340 e. The summed E-state index contributed by atoms with van der Waals surface area (Å²) in [6.45, 7) is 2.61. The van der Waals surface area contributed by atoms with Crippen molar-refractivity contribution >= 4 is 16.7 Å². The number of hydrogen-bond donors (Lipinski definition) is 0. The van der Waals surface area contributed by atoms with Crippen LogP contribution in [-0.4, -0.2) is 48.1 Å². The van der Waals surface area contributed by atoms with E-state index in [-0.39, 0.29) is 0 Å². The Kier molecular flexibility index (Phi) is 4.76. The lowest BCUT2D eigenvalue weighted by atomic mass is 10.0. The van der Waals surface area contributed by atoms with Gasteiger partial charge in [-0.1, -0.05) is 42.5 Å². The van der Waals surface area contributed by atoms with E-state index in [1.165, 1.54) is 21.2 Å². The molecular weight excluding hydrogens is 317 g/mol. The van der Waals surface area contributed by atoms with Crippen LogP contribution in [0, 0.1) is 0 Å². The normalized spacial score (nSPS) is 16.5. The summed E-state index contributed by atoms with van der Waals surface area (Å²) in [5, 5.41) is 2.37. The molecule has 1 aliphatic rings. The second-order valence-electron chi connectivity index (χ2n) is 6.09. The average Bonchev–Trinajstić information content (AvgIpc) is 2.54. The Morgan fingerprint density at radius 3 is 2.33 bits per heavy atom. The fourth-order valence-electron chi connectivity index (χ4n) is 3.11. The number of amides is 1. The molecule has 0 aromatic heterocycles. The monoisotopic (exact) mass is 336 g/mol. The number of fused-ring (bicyclic) bond motifs is 1. The molecular formula is C18H19F3N2O. The molecule has 0 unspecified atom stereocenters. The Morgan fingerprint density at radius 2 is 1.62 bits per heavy atom. The van der Waals surface area contributed by atoms with Crippen LogP contribution in [0.5, 0.6) is 0 Å². The van der Waals surface area contributed by atoms with Gasteiger partial charge in [0.05, 0.1) is 0 Å². The van der Waals surface area contributed by atoms with Crippen LogP contribution in [0.25, 0.3) is 10.8 Å². The van der Waals surface area contributed by atoms with E-state index in [9.17, 15) is 18.0 Å². The first-order chi connectivity index (χ1) is 11.4. The van der Waals surface area contributed by atoms with Gasteiger partial charge in [0.1, 0.15) is 6.42 Å². The second-order valence-corrected chi connectivity index (χ2v) is 6.09. The Labute approximate surface area is 138 Å². The molecule has 2 aromatic rings. The molecule has 1 saturated heterocycles. The van der Waals surface area contributed by atoms with Crippen molar-refractivity contribution in [3.05, 3.63) is 48.0 Å². The molecule has 1 fully saturated rings. The van der Waals surface area contributed by atoms with Gasteiger partial charge in [-0.2, -0.15) is 13.2 Å². The van der Waals surface area contributed by atoms with E-state index in [4.69, 9.17) is 0 Å². The van der Waals surface area contributed by atoms with E-state index < -0.39 is 18.5 Å². The molecule has 0 saturated carbocycles. The standard InChI is InChI=1S/C18H19F3N2O/c19-18(20,21)12-17(24)23-10-8-22(9-11-23)13-15-6-3-5-14-4-1-2-7-16(14)15/h1-7H,8-13H2. The molecule has 0 aliphatic carbocycles. The molecule has 6 heteroatoms. The SMILES string of the molecule is O=C(CC(F)(F)F)N1CCN(Cc2cccc3ccccc23)CC1. The number of nitrogens with zero attached hydrogens (tertiary/aromatic N) is 2. The van der Waals surface area contributed by atoms with Crippen LogP contribution in [0.3, 0.4) is 0 Å². The summed E-state index contributed by atoms with van der Waals surface area (Å²) >= 11 is 0. The van der Waals surface area contributed by atoms with Crippen molar-refractivity contribution in [2.75, 3.05) is 26.2 Å². The van der Waals surface area contributed by atoms with Gasteiger partial charge in [-0.25, -0.2) is 0 Å². The average molecular weight is 336 g/mol. The predicted molar refractivity (Wildman–Crippen MR) is 86.5 cm³/mol. The van der Waals surface area contributed by atoms with Gasteiger partial charge in [0.2, 0.25) is 5.91 Å². The van der Waals surface area contributed by atoms with Crippen LogP contribution in [0.1, 0.15) is 12.0 Å². The molecule has 2 aromatic carbocycles. The van der Waals surface area contributed by atoms with E-state index in [0.29, 0.717) is 26.2 Å². The van der Waals surface area contributed by atoms with Crippen molar-refractivity contribution in [1.29, 1.82) is 0 Å². The van der Waals surface area contributed by atoms with Crippen LogP contribution in [0.2, 0.25) is 0 Å². The summed E-state index contributed by atoms with van der Waals surface area (Å²) in [5.41, 5.74) is 1.20. The third-order valence-electron chi connectivity index (χ3n) is 4.35.